The summed E-state index contributed by atoms with van der Waals surface area (Å²) in [6.45, 7) is 4.55. The molecule has 0 amide bonds. The topological polar surface area (TPSA) is 49.8 Å². The molecule has 0 unspecified atom stereocenters. The lowest BCUT2D eigenvalue weighted by Crippen LogP contribution is -2.37. The second-order valence-corrected chi connectivity index (χ2v) is 4.59. The molecule has 0 aromatic heterocycles. The zero-order chi connectivity index (χ0) is 11.8. The molecule has 1 saturated heterocycles. The number of ether oxygens (including phenoxy) is 1. The summed E-state index contributed by atoms with van der Waals surface area (Å²) < 4.78 is 5.26. The van der Waals surface area contributed by atoms with Gasteiger partial charge >= 0.3 is 5.97 Å². The van der Waals surface area contributed by atoms with E-state index in [4.69, 9.17) is 9.84 Å². The van der Waals surface area contributed by atoms with Gasteiger partial charge < -0.3 is 9.84 Å². The Morgan fingerprint density at radius 2 is 2.06 bits per heavy atom. The van der Waals surface area contributed by atoms with E-state index >= 15 is 0 Å². The van der Waals surface area contributed by atoms with Crippen LogP contribution in [0.2, 0.25) is 0 Å². The van der Waals surface area contributed by atoms with Crippen LogP contribution in [0.1, 0.15) is 19.3 Å². The second-order valence-electron chi connectivity index (χ2n) is 4.14. The fraction of sp³-hybridized carbons (Fsp3) is 0.909. The van der Waals surface area contributed by atoms with Gasteiger partial charge in [-0.25, -0.2) is 0 Å². The molecule has 0 aromatic carbocycles. The van der Waals surface area contributed by atoms with E-state index < -0.39 is 5.97 Å². The maximum atomic E-state index is 10.9. The van der Waals surface area contributed by atoms with Gasteiger partial charge in [-0.05, 0) is 31.6 Å². The highest BCUT2D eigenvalue weighted by Crippen LogP contribution is 2.13. The summed E-state index contributed by atoms with van der Waals surface area (Å²) in [6, 6.07) is 0. The van der Waals surface area contributed by atoms with Gasteiger partial charge in [-0.2, -0.15) is 12.6 Å². The highest BCUT2D eigenvalue weighted by atomic mass is 32.1. The van der Waals surface area contributed by atoms with Gasteiger partial charge in [0.25, 0.3) is 0 Å². The summed E-state index contributed by atoms with van der Waals surface area (Å²) in [5.41, 5.74) is 0. The standard InChI is InChI=1S/C11H21NO3S/c13-11(14)10(3-9-16)2-1-4-12-5-7-15-8-6-12/h10,16H,1-9H2,(H,13,14)/t10-/m1/s1. The van der Waals surface area contributed by atoms with Crippen LogP contribution in [0.3, 0.4) is 0 Å². The molecule has 0 spiro atoms. The number of morpholine rings is 1. The van der Waals surface area contributed by atoms with E-state index in [0.29, 0.717) is 12.2 Å². The number of nitrogens with zero attached hydrogens (tertiary/aromatic N) is 1. The molecule has 4 nitrogen and oxygen atoms in total. The molecular weight excluding hydrogens is 226 g/mol. The first-order valence-electron chi connectivity index (χ1n) is 5.88. The molecule has 0 bridgehead atoms. The number of thiol groups is 1. The van der Waals surface area contributed by atoms with Gasteiger partial charge in [-0.3, -0.25) is 9.69 Å². The van der Waals surface area contributed by atoms with E-state index in [-0.39, 0.29) is 5.92 Å². The van der Waals surface area contributed by atoms with Crippen LogP contribution in [0.15, 0.2) is 0 Å². The Kier molecular flexibility index (Phi) is 6.84. The maximum absolute atomic E-state index is 10.9. The highest BCUT2D eigenvalue weighted by Gasteiger charge is 2.17. The molecule has 1 N–H and O–H groups in total. The third kappa shape index (κ3) is 5.18. The predicted octanol–water partition coefficient (Wildman–Crippen LogP) is 1.12. The van der Waals surface area contributed by atoms with E-state index in [1.165, 1.54) is 0 Å². The number of aliphatic carboxylic acids is 1. The largest absolute Gasteiger partial charge is 0.481 e. The van der Waals surface area contributed by atoms with Crippen LogP contribution < -0.4 is 0 Å². The lowest BCUT2D eigenvalue weighted by Gasteiger charge is -2.26. The number of rotatable bonds is 7. The Labute approximate surface area is 102 Å². The number of carbonyl (C=O) groups is 1. The molecule has 0 saturated carbocycles. The number of carboxylic acids is 1. The molecular formula is C11H21NO3S. The van der Waals surface area contributed by atoms with Crippen LogP contribution in [-0.2, 0) is 9.53 Å². The molecule has 1 aliphatic heterocycles. The first kappa shape index (κ1) is 13.8. The van der Waals surface area contributed by atoms with Crippen LogP contribution in [0.25, 0.3) is 0 Å². The first-order valence-corrected chi connectivity index (χ1v) is 6.51. The fourth-order valence-corrected chi connectivity index (χ4v) is 2.24. The van der Waals surface area contributed by atoms with Crippen LogP contribution in [0, 0.1) is 5.92 Å². The van der Waals surface area contributed by atoms with Crippen molar-refractivity contribution >= 4 is 18.6 Å². The van der Waals surface area contributed by atoms with Crippen LogP contribution in [0.4, 0.5) is 0 Å². The third-order valence-corrected chi connectivity index (χ3v) is 3.22. The highest BCUT2D eigenvalue weighted by molar-refractivity contribution is 7.80. The molecule has 5 heteroatoms. The number of hydrogen-bond donors (Lipinski definition) is 2. The van der Waals surface area contributed by atoms with Gasteiger partial charge in [0.15, 0.2) is 0 Å². The monoisotopic (exact) mass is 247 g/mol. The zero-order valence-corrected chi connectivity index (χ0v) is 10.5. The Morgan fingerprint density at radius 3 is 2.62 bits per heavy atom. The SMILES string of the molecule is O=C(O)[C@@H](CCS)CCCN1CCOCC1. The summed E-state index contributed by atoms with van der Waals surface area (Å²) in [4.78, 5) is 13.2. The normalized spacial score (nSPS) is 19.6. The van der Waals surface area contributed by atoms with Crippen molar-refractivity contribution in [2.75, 3.05) is 38.6 Å². The van der Waals surface area contributed by atoms with Crippen LogP contribution in [0.5, 0.6) is 0 Å². The number of hydrogen-bond acceptors (Lipinski definition) is 4. The summed E-state index contributed by atoms with van der Waals surface area (Å²) in [7, 11) is 0. The third-order valence-electron chi connectivity index (χ3n) is 2.96. The minimum Gasteiger partial charge on any atom is -0.481 e. The summed E-state index contributed by atoms with van der Waals surface area (Å²) >= 11 is 4.09. The molecule has 0 aromatic rings. The van der Waals surface area contributed by atoms with Crippen molar-refractivity contribution in [1.29, 1.82) is 0 Å². The van der Waals surface area contributed by atoms with Gasteiger partial charge in [-0.15, -0.1) is 0 Å². The van der Waals surface area contributed by atoms with Crippen LogP contribution in [-0.4, -0.2) is 54.6 Å². The molecule has 94 valence electrons. The Bertz CT molecular complexity index is 207. The summed E-state index contributed by atoms with van der Waals surface area (Å²) in [6.07, 6.45) is 2.37. The molecule has 1 rings (SSSR count). The van der Waals surface area contributed by atoms with Gasteiger partial charge in [0.2, 0.25) is 0 Å². The fourth-order valence-electron chi connectivity index (χ4n) is 1.93. The van der Waals surface area contributed by atoms with E-state index in [1.807, 2.05) is 0 Å². The van der Waals surface area contributed by atoms with Crippen molar-refractivity contribution in [3.8, 4) is 0 Å². The molecule has 1 fully saturated rings. The van der Waals surface area contributed by atoms with Gasteiger partial charge in [0.05, 0.1) is 19.1 Å². The molecule has 0 aliphatic carbocycles. The van der Waals surface area contributed by atoms with E-state index in [2.05, 4.69) is 17.5 Å². The Balaban J connectivity index is 2.13. The van der Waals surface area contributed by atoms with E-state index in [1.54, 1.807) is 0 Å². The lowest BCUT2D eigenvalue weighted by atomic mass is 10.0. The molecule has 1 aliphatic rings. The summed E-state index contributed by atoms with van der Waals surface area (Å²) in [5.74, 6) is -0.260. The average molecular weight is 247 g/mol. The van der Waals surface area contributed by atoms with Crippen molar-refractivity contribution < 1.29 is 14.6 Å². The number of carboxylic acid groups (broad SMARTS) is 1. The van der Waals surface area contributed by atoms with Crippen molar-refractivity contribution in [2.45, 2.75) is 19.3 Å². The minimum atomic E-state index is -0.684. The lowest BCUT2D eigenvalue weighted by molar-refractivity contribution is -0.142. The Hall–Kier alpha value is -0.260. The first-order chi connectivity index (χ1) is 7.74. The molecule has 1 heterocycles. The van der Waals surface area contributed by atoms with Crippen molar-refractivity contribution in [1.82, 2.24) is 4.90 Å². The van der Waals surface area contributed by atoms with Crippen molar-refractivity contribution in [3.63, 3.8) is 0 Å². The quantitative estimate of drug-likeness (QED) is 0.662. The van der Waals surface area contributed by atoms with Gasteiger partial charge in [0.1, 0.15) is 0 Å². The average Bonchev–Trinajstić information content (AvgIpc) is 2.29. The predicted molar refractivity (Wildman–Crippen MR) is 66.1 cm³/mol. The second kappa shape index (κ2) is 7.92. The van der Waals surface area contributed by atoms with Gasteiger partial charge in [-0.1, -0.05) is 0 Å². The molecule has 1 atom stereocenters. The smallest absolute Gasteiger partial charge is 0.306 e. The molecule has 16 heavy (non-hydrogen) atoms. The van der Waals surface area contributed by atoms with Crippen LogP contribution >= 0.6 is 12.6 Å². The van der Waals surface area contributed by atoms with E-state index in [9.17, 15) is 4.79 Å². The maximum Gasteiger partial charge on any atom is 0.306 e. The summed E-state index contributed by atoms with van der Waals surface area (Å²) in [5, 5.41) is 8.97. The molecule has 0 radical (unpaired) electrons. The van der Waals surface area contributed by atoms with Crippen molar-refractivity contribution in [2.24, 2.45) is 5.92 Å². The zero-order valence-electron chi connectivity index (χ0n) is 9.60. The minimum absolute atomic E-state index is 0.224. The Morgan fingerprint density at radius 1 is 1.38 bits per heavy atom. The van der Waals surface area contributed by atoms with Crippen molar-refractivity contribution in [3.05, 3.63) is 0 Å². The van der Waals surface area contributed by atoms with E-state index in [0.717, 1.165) is 45.7 Å². The van der Waals surface area contributed by atoms with Gasteiger partial charge in [0, 0.05) is 13.1 Å².